The molecule has 0 saturated carbocycles. The van der Waals surface area contributed by atoms with E-state index >= 15 is 0 Å². The highest BCUT2D eigenvalue weighted by Crippen LogP contribution is 2.20. The molecule has 1 aliphatic heterocycles. The molecule has 0 spiro atoms. The predicted molar refractivity (Wildman–Crippen MR) is 98.9 cm³/mol. The zero-order valence-electron chi connectivity index (χ0n) is 15.4. The lowest BCUT2D eigenvalue weighted by atomic mass is 10.1. The summed E-state index contributed by atoms with van der Waals surface area (Å²) >= 11 is 0. The third kappa shape index (κ3) is 4.22. The van der Waals surface area contributed by atoms with Crippen LogP contribution in [0.1, 0.15) is 23.2 Å². The standard InChI is InChI=1S/C19H24N4O3/c1-22(2)15-8-6-14(7-9-15)19(24)23-10-4-5-16(13-23)26-18-12-20-11-17(21-18)25-3/h6-9,11-12,16H,4-5,10,13H2,1-3H3. The van der Waals surface area contributed by atoms with Crippen molar-refractivity contribution in [2.45, 2.75) is 18.9 Å². The number of nitrogens with zero attached hydrogens (tertiary/aromatic N) is 4. The van der Waals surface area contributed by atoms with Crippen LogP contribution in [0.3, 0.4) is 0 Å². The van der Waals surface area contributed by atoms with Gasteiger partial charge in [-0.15, -0.1) is 0 Å². The van der Waals surface area contributed by atoms with Crippen LogP contribution in [0.2, 0.25) is 0 Å². The smallest absolute Gasteiger partial charge is 0.253 e. The highest BCUT2D eigenvalue weighted by molar-refractivity contribution is 5.94. The fraction of sp³-hybridized carbons (Fsp3) is 0.421. The van der Waals surface area contributed by atoms with Crippen LogP contribution in [-0.4, -0.2) is 61.2 Å². The van der Waals surface area contributed by atoms with Gasteiger partial charge in [-0.05, 0) is 37.1 Å². The number of ether oxygens (including phenoxy) is 2. The Morgan fingerprint density at radius 2 is 1.92 bits per heavy atom. The number of hydrogen-bond donors (Lipinski definition) is 0. The number of aromatic nitrogens is 2. The van der Waals surface area contributed by atoms with Gasteiger partial charge < -0.3 is 19.3 Å². The van der Waals surface area contributed by atoms with Crippen molar-refractivity contribution in [2.75, 3.05) is 39.2 Å². The van der Waals surface area contributed by atoms with Gasteiger partial charge in [0, 0.05) is 31.9 Å². The molecule has 2 aromatic rings. The van der Waals surface area contributed by atoms with Gasteiger partial charge in [0.2, 0.25) is 11.8 Å². The SMILES string of the molecule is COc1cncc(OC2CCCN(C(=O)c3ccc(N(C)C)cc3)C2)n1. The normalized spacial score (nSPS) is 16.9. The van der Waals surface area contributed by atoms with E-state index in [0.29, 0.717) is 23.9 Å². The minimum absolute atomic E-state index is 0.0281. The van der Waals surface area contributed by atoms with Gasteiger partial charge in [0.15, 0.2) is 0 Å². The molecule has 1 amide bonds. The van der Waals surface area contributed by atoms with E-state index in [2.05, 4.69) is 9.97 Å². The number of likely N-dealkylation sites (tertiary alicyclic amines) is 1. The highest BCUT2D eigenvalue weighted by atomic mass is 16.5. The molecule has 3 rings (SSSR count). The zero-order chi connectivity index (χ0) is 18.5. The number of piperidine rings is 1. The molecule has 1 unspecified atom stereocenters. The van der Waals surface area contributed by atoms with Crippen LogP contribution in [0, 0.1) is 0 Å². The minimum atomic E-state index is -0.102. The zero-order valence-corrected chi connectivity index (χ0v) is 15.4. The quantitative estimate of drug-likeness (QED) is 0.818. The Morgan fingerprint density at radius 1 is 1.19 bits per heavy atom. The maximum atomic E-state index is 12.8. The van der Waals surface area contributed by atoms with Crippen molar-refractivity contribution < 1.29 is 14.3 Å². The Labute approximate surface area is 153 Å². The maximum Gasteiger partial charge on any atom is 0.253 e. The molecular weight excluding hydrogens is 332 g/mol. The van der Waals surface area contributed by atoms with Crippen molar-refractivity contribution in [3.8, 4) is 11.8 Å². The number of carbonyl (C=O) groups excluding carboxylic acids is 1. The second-order valence-electron chi connectivity index (χ2n) is 6.47. The molecule has 0 N–H and O–H groups in total. The van der Waals surface area contributed by atoms with Crippen molar-refractivity contribution in [2.24, 2.45) is 0 Å². The van der Waals surface area contributed by atoms with Crippen LogP contribution < -0.4 is 14.4 Å². The monoisotopic (exact) mass is 356 g/mol. The molecule has 0 aliphatic carbocycles. The summed E-state index contributed by atoms with van der Waals surface area (Å²) < 4.78 is 11.0. The molecule has 7 heteroatoms. The minimum Gasteiger partial charge on any atom is -0.480 e. The Hall–Kier alpha value is -2.83. The predicted octanol–water partition coefficient (Wildman–Crippen LogP) is 2.23. The number of rotatable bonds is 5. The molecule has 1 fully saturated rings. The molecule has 0 bridgehead atoms. The van der Waals surface area contributed by atoms with Crippen LogP contribution in [0.15, 0.2) is 36.7 Å². The van der Waals surface area contributed by atoms with Gasteiger partial charge in [-0.2, -0.15) is 4.98 Å². The van der Waals surface area contributed by atoms with Crippen molar-refractivity contribution in [3.05, 3.63) is 42.2 Å². The van der Waals surface area contributed by atoms with Crippen LogP contribution in [-0.2, 0) is 0 Å². The van der Waals surface area contributed by atoms with E-state index in [0.717, 1.165) is 25.1 Å². The van der Waals surface area contributed by atoms with Gasteiger partial charge in [-0.1, -0.05) is 0 Å². The van der Waals surface area contributed by atoms with Crippen LogP contribution in [0.4, 0.5) is 5.69 Å². The first-order chi connectivity index (χ1) is 12.6. The van der Waals surface area contributed by atoms with Gasteiger partial charge in [-0.3, -0.25) is 9.78 Å². The third-order valence-electron chi connectivity index (χ3n) is 4.38. The molecule has 2 heterocycles. The summed E-state index contributed by atoms with van der Waals surface area (Å²) in [5.41, 5.74) is 1.76. The summed E-state index contributed by atoms with van der Waals surface area (Å²) in [5.74, 6) is 0.853. The van der Waals surface area contributed by atoms with E-state index in [9.17, 15) is 4.79 Å². The van der Waals surface area contributed by atoms with E-state index in [-0.39, 0.29) is 12.0 Å². The van der Waals surface area contributed by atoms with E-state index < -0.39 is 0 Å². The summed E-state index contributed by atoms with van der Waals surface area (Å²) in [6.07, 6.45) is 4.76. The van der Waals surface area contributed by atoms with Crippen molar-refractivity contribution in [3.63, 3.8) is 0 Å². The average molecular weight is 356 g/mol. The number of carbonyl (C=O) groups is 1. The number of anilines is 1. The summed E-state index contributed by atoms with van der Waals surface area (Å²) in [6.45, 7) is 1.27. The maximum absolute atomic E-state index is 12.8. The average Bonchev–Trinajstić information content (AvgIpc) is 2.68. The van der Waals surface area contributed by atoms with Gasteiger partial charge >= 0.3 is 0 Å². The lowest BCUT2D eigenvalue weighted by Crippen LogP contribution is -2.44. The van der Waals surface area contributed by atoms with Crippen LogP contribution >= 0.6 is 0 Å². The molecule has 1 aromatic carbocycles. The first-order valence-electron chi connectivity index (χ1n) is 8.66. The topological polar surface area (TPSA) is 67.8 Å². The third-order valence-corrected chi connectivity index (χ3v) is 4.38. The Bertz CT molecular complexity index is 749. The summed E-state index contributed by atoms with van der Waals surface area (Å²) in [7, 11) is 5.49. The largest absolute Gasteiger partial charge is 0.480 e. The molecular formula is C19H24N4O3. The molecule has 0 radical (unpaired) electrons. The van der Waals surface area contributed by atoms with Crippen LogP contribution in [0.25, 0.3) is 0 Å². The highest BCUT2D eigenvalue weighted by Gasteiger charge is 2.26. The summed E-state index contributed by atoms with van der Waals surface area (Å²) in [6, 6.07) is 7.65. The van der Waals surface area contributed by atoms with Gasteiger partial charge in [0.05, 0.1) is 26.0 Å². The van der Waals surface area contributed by atoms with E-state index in [4.69, 9.17) is 9.47 Å². The Kier molecular flexibility index (Phi) is 5.55. The molecule has 1 aromatic heterocycles. The van der Waals surface area contributed by atoms with Gasteiger partial charge in [0.1, 0.15) is 6.10 Å². The lowest BCUT2D eigenvalue weighted by molar-refractivity contribution is 0.0525. The van der Waals surface area contributed by atoms with Gasteiger partial charge in [-0.25, -0.2) is 0 Å². The summed E-state index contributed by atoms with van der Waals surface area (Å²) in [4.78, 5) is 24.9. The Morgan fingerprint density at radius 3 is 2.62 bits per heavy atom. The fourth-order valence-electron chi connectivity index (χ4n) is 2.96. The summed E-state index contributed by atoms with van der Waals surface area (Å²) in [5, 5.41) is 0. The molecule has 26 heavy (non-hydrogen) atoms. The second-order valence-corrected chi connectivity index (χ2v) is 6.47. The van der Waals surface area contributed by atoms with E-state index in [1.54, 1.807) is 6.20 Å². The Balaban J connectivity index is 1.64. The van der Waals surface area contributed by atoms with E-state index in [1.807, 2.05) is 48.2 Å². The van der Waals surface area contributed by atoms with Crippen molar-refractivity contribution in [1.29, 1.82) is 0 Å². The second kappa shape index (κ2) is 8.03. The fourth-order valence-corrected chi connectivity index (χ4v) is 2.96. The van der Waals surface area contributed by atoms with Crippen LogP contribution in [0.5, 0.6) is 11.8 Å². The van der Waals surface area contributed by atoms with E-state index in [1.165, 1.54) is 13.3 Å². The number of methoxy groups -OCH3 is 1. The molecule has 1 atom stereocenters. The lowest BCUT2D eigenvalue weighted by Gasteiger charge is -2.32. The molecule has 1 aliphatic rings. The first-order valence-corrected chi connectivity index (χ1v) is 8.66. The van der Waals surface area contributed by atoms with Crippen molar-refractivity contribution in [1.82, 2.24) is 14.9 Å². The number of amides is 1. The molecule has 138 valence electrons. The number of benzene rings is 1. The first kappa shape index (κ1) is 18.0. The molecule has 1 saturated heterocycles. The molecule has 7 nitrogen and oxygen atoms in total. The van der Waals surface area contributed by atoms with Crippen molar-refractivity contribution >= 4 is 11.6 Å². The van der Waals surface area contributed by atoms with Gasteiger partial charge in [0.25, 0.3) is 5.91 Å². The number of hydrogen-bond acceptors (Lipinski definition) is 6.